The number of rotatable bonds is 12. The molecule has 0 unspecified atom stereocenters. The van der Waals surface area contributed by atoms with Crippen molar-refractivity contribution in [1.82, 2.24) is 9.80 Å². The maximum absolute atomic E-state index is 10.2. The third-order valence-electron chi connectivity index (χ3n) is 7.90. The summed E-state index contributed by atoms with van der Waals surface area (Å²) in [5, 5.41) is 29.2. The Morgan fingerprint density at radius 1 is 0.784 bits per heavy atom. The normalized spacial score (nSPS) is 22.9. The molecule has 0 saturated carbocycles. The molecular weight excluding hydrogens is 468 g/mol. The van der Waals surface area contributed by atoms with Crippen molar-refractivity contribution in [3.05, 3.63) is 47.5 Å². The molecule has 0 radical (unpaired) electrons. The number of benzene rings is 2. The Hall–Kier alpha value is -2.16. The third kappa shape index (κ3) is 7.45. The highest BCUT2D eigenvalue weighted by Gasteiger charge is 2.26. The second-order valence-electron chi connectivity index (χ2n) is 10.6. The van der Waals surface area contributed by atoms with E-state index in [-0.39, 0.29) is 18.6 Å². The number of hydrogen-bond donors (Lipinski definition) is 3. The van der Waals surface area contributed by atoms with Gasteiger partial charge in [0.25, 0.3) is 0 Å². The first-order valence-corrected chi connectivity index (χ1v) is 13.8. The standard InChI is InChI=1S/C30H44N2O5/c1-22-26(7-3-9-29(22)36-17-5-13-31-16-12-25(34)19-31)27-8-4-10-30(23(27)2)37-18-6-14-32-15-11-24(21-33)28(35)20-32/h3-4,7-10,24-25,28,33-35H,5-6,11-21H2,1-2H3/t24-,25-,28-/m1/s1. The molecule has 0 bridgehead atoms. The summed E-state index contributed by atoms with van der Waals surface area (Å²) < 4.78 is 12.3. The van der Waals surface area contributed by atoms with Gasteiger partial charge in [-0.3, -0.25) is 0 Å². The average Bonchev–Trinajstić information content (AvgIpc) is 3.31. The molecular formula is C30H44N2O5. The SMILES string of the molecule is Cc1c(OCCCN2CC[C@@H](O)C2)cccc1-c1cccc(OCCCN2CC[C@H](CO)[C@H](O)C2)c1C. The fourth-order valence-electron chi connectivity index (χ4n) is 5.54. The maximum Gasteiger partial charge on any atom is 0.122 e. The molecule has 0 aromatic heterocycles. The van der Waals surface area contributed by atoms with E-state index >= 15 is 0 Å². The smallest absolute Gasteiger partial charge is 0.122 e. The Labute approximate surface area is 221 Å². The van der Waals surface area contributed by atoms with Gasteiger partial charge in [-0.25, -0.2) is 0 Å². The molecule has 2 aromatic carbocycles. The maximum atomic E-state index is 10.2. The Morgan fingerprint density at radius 2 is 1.32 bits per heavy atom. The molecule has 0 aliphatic carbocycles. The zero-order valence-corrected chi connectivity index (χ0v) is 22.4. The first kappa shape index (κ1) is 27.9. The van der Waals surface area contributed by atoms with Gasteiger partial charge in [0.05, 0.1) is 25.4 Å². The summed E-state index contributed by atoms with van der Waals surface area (Å²) in [4.78, 5) is 4.56. The van der Waals surface area contributed by atoms with Gasteiger partial charge in [-0.2, -0.15) is 0 Å². The van der Waals surface area contributed by atoms with E-state index in [9.17, 15) is 15.3 Å². The van der Waals surface area contributed by atoms with Gasteiger partial charge in [-0.1, -0.05) is 24.3 Å². The van der Waals surface area contributed by atoms with Gasteiger partial charge in [-0.15, -0.1) is 0 Å². The largest absolute Gasteiger partial charge is 0.493 e. The van der Waals surface area contributed by atoms with Crippen LogP contribution in [-0.2, 0) is 0 Å². The summed E-state index contributed by atoms with van der Waals surface area (Å²) in [6, 6.07) is 12.4. The molecule has 2 saturated heterocycles. The van der Waals surface area contributed by atoms with Gasteiger partial charge in [0.15, 0.2) is 0 Å². The average molecular weight is 513 g/mol. The van der Waals surface area contributed by atoms with Crippen LogP contribution in [0.2, 0.25) is 0 Å². The lowest BCUT2D eigenvalue weighted by molar-refractivity contribution is -0.00293. The minimum atomic E-state index is -0.444. The van der Waals surface area contributed by atoms with Crippen LogP contribution < -0.4 is 9.47 Å². The fourth-order valence-corrected chi connectivity index (χ4v) is 5.54. The monoisotopic (exact) mass is 512 g/mol. The molecule has 0 spiro atoms. The van der Waals surface area contributed by atoms with Gasteiger partial charge in [0.2, 0.25) is 0 Å². The van der Waals surface area contributed by atoms with Crippen LogP contribution in [0.25, 0.3) is 11.1 Å². The Bertz CT molecular complexity index is 1000. The highest BCUT2D eigenvalue weighted by molar-refractivity contribution is 5.74. The van der Waals surface area contributed by atoms with Gasteiger partial charge < -0.3 is 34.6 Å². The van der Waals surface area contributed by atoms with Crippen LogP contribution in [0.3, 0.4) is 0 Å². The van der Waals surface area contributed by atoms with Gasteiger partial charge >= 0.3 is 0 Å². The predicted molar refractivity (Wildman–Crippen MR) is 146 cm³/mol. The van der Waals surface area contributed by atoms with Crippen LogP contribution in [0.4, 0.5) is 0 Å². The predicted octanol–water partition coefficient (Wildman–Crippen LogP) is 3.25. The molecule has 2 heterocycles. The second-order valence-corrected chi connectivity index (χ2v) is 10.6. The molecule has 7 nitrogen and oxygen atoms in total. The van der Waals surface area contributed by atoms with Crippen LogP contribution in [0.15, 0.2) is 36.4 Å². The summed E-state index contributed by atoms with van der Waals surface area (Å²) in [7, 11) is 0. The number of piperidine rings is 1. The number of ether oxygens (including phenoxy) is 2. The molecule has 0 amide bonds. The molecule has 2 aliphatic heterocycles. The van der Waals surface area contributed by atoms with E-state index in [0.717, 1.165) is 92.2 Å². The number of likely N-dealkylation sites (tertiary alicyclic amines) is 2. The molecule has 2 aliphatic rings. The van der Waals surface area contributed by atoms with Crippen molar-refractivity contribution in [2.75, 3.05) is 59.1 Å². The quantitative estimate of drug-likeness (QED) is 0.377. The van der Waals surface area contributed by atoms with E-state index in [2.05, 4.69) is 41.8 Å². The molecule has 2 aromatic rings. The minimum absolute atomic E-state index is 0.00942. The number of hydrogen-bond acceptors (Lipinski definition) is 7. The van der Waals surface area contributed by atoms with Crippen LogP contribution in [0.1, 0.15) is 36.8 Å². The summed E-state index contributed by atoms with van der Waals surface area (Å²) in [5.41, 5.74) is 4.56. The Morgan fingerprint density at radius 3 is 1.81 bits per heavy atom. The summed E-state index contributed by atoms with van der Waals surface area (Å²) in [6.07, 6.45) is 2.92. The zero-order chi connectivity index (χ0) is 26.2. The zero-order valence-electron chi connectivity index (χ0n) is 22.4. The fraction of sp³-hybridized carbons (Fsp3) is 0.600. The van der Waals surface area contributed by atoms with Gasteiger partial charge in [-0.05, 0) is 80.5 Å². The highest BCUT2D eigenvalue weighted by Crippen LogP contribution is 2.35. The van der Waals surface area contributed by atoms with Gasteiger partial charge in [0.1, 0.15) is 11.5 Å². The van der Waals surface area contributed by atoms with E-state index in [4.69, 9.17) is 9.47 Å². The van der Waals surface area contributed by atoms with Crippen molar-refractivity contribution in [3.8, 4) is 22.6 Å². The third-order valence-corrected chi connectivity index (χ3v) is 7.90. The van der Waals surface area contributed by atoms with E-state index in [1.165, 1.54) is 0 Å². The number of aliphatic hydroxyl groups is 3. The van der Waals surface area contributed by atoms with Crippen LogP contribution in [0.5, 0.6) is 11.5 Å². The van der Waals surface area contributed by atoms with E-state index < -0.39 is 6.10 Å². The molecule has 3 N–H and O–H groups in total. The highest BCUT2D eigenvalue weighted by atomic mass is 16.5. The van der Waals surface area contributed by atoms with Crippen LogP contribution in [0, 0.1) is 19.8 Å². The van der Waals surface area contributed by atoms with Crippen molar-refractivity contribution < 1.29 is 24.8 Å². The molecule has 204 valence electrons. The first-order chi connectivity index (χ1) is 18.0. The number of nitrogens with zero attached hydrogens (tertiary/aromatic N) is 2. The van der Waals surface area contributed by atoms with Gasteiger partial charge in [0, 0.05) is 45.2 Å². The lowest BCUT2D eigenvalue weighted by Crippen LogP contribution is -2.45. The molecule has 2 fully saturated rings. The van der Waals surface area contributed by atoms with E-state index in [0.29, 0.717) is 19.8 Å². The summed E-state index contributed by atoms with van der Waals surface area (Å²) >= 11 is 0. The summed E-state index contributed by atoms with van der Waals surface area (Å²) in [5.74, 6) is 1.82. The molecule has 3 atom stereocenters. The topological polar surface area (TPSA) is 85.6 Å². The molecule has 37 heavy (non-hydrogen) atoms. The van der Waals surface area contributed by atoms with Crippen molar-refractivity contribution >= 4 is 0 Å². The van der Waals surface area contributed by atoms with E-state index in [1.54, 1.807) is 0 Å². The number of aliphatic hydroxyl groups excluding tert-OH is 3. The Kier molecular flexibility index (Phi) is 10.2. The first-order valence-electron chi connectivity index (χ1n) is 13.8. The van der Waals surface area contributed by atoms with Crippen molar-refractivity contribution in [2.24, 2.45) is 5.92 Å². The van der Waals surface area contributed by atoms with Crippen molar-refractivity contribution in [3.63, 3.8) is 0 Å². The Balaban J connectivity index is 1.29. The minimum Gasteiger partial charge on any atom is -0.493 e. The van der Waals surface area contributed by atoms with Crippen molar-refractivity contribution in [1.29, 1.82) is 0 Å². The molecule has 4 rings (SSSR count). The molecule has 7 heteroatoms. The van der Waals surface area contributed by atoms with Crippen LogP contribution in [-0.4, -0.2) is 96.4 Å². The lowest BCUT2D eigenvalue weighted by Gasteiger charge is -2.35. The lowest BCUT2D eigenvalue weighted by atomic mass is 9.95. The number of β-amino-alcohol motifs (C(OH)–C–C–N with tert-alkyl or cyclic N) is 2. The van der Waals surface area contributed by atoms with E-state index in [1.807, 2.05) is 18.2 Å². The second kappa shape index (κ2) is 13.6. The van der Waals surface area contributed by atoms with Crippen molar-refractivity contribution in [2.45, 2.75) is 51.7 Å². The van der Waals surface area contributed by atoms with Crippen LogP contribution >= 0.6 is 0 Å². The summed E-state index contributed by atoms with van der Waals surface area (Å²) in [6.45, 7) is 10.7.